The molecule has 8 heteroatoms. The summed E-state index contributed by atoms with van der Waals surface area (Å²) in [7, 11) is 0. The summed E-state index contributed by atoms with van der Waals surface area (Å²) in [5.41, 5.74) is -0.117. The van der Waals surface area contributed by atoms with Gasteiger partial charge >= 0.3 is 11.9 Å². The average Bonchev–Trinajstić information content (AvgIpc) is 2.78. The van der Waals surface area contributed by atoms with Gasteiger partial charge in [-0.3, -0.25) is 9.59 Å². The summed E-state index contributed by atoms with van der Waals surface area (Å²) < 4.78 is 5.32. The number of halogens is 2. The molecule has 0 aliphatic carbocycles. The van der Waals surface area contributed by atoms with Crippen LogP contribution in [0.2, 0.25) is 10.0 Å². The smallest absolute Gasteiger partial charge is 0.327 e. The highest BCUT2D eigenvalue weighted by Gasteiger charge is 2.51. The number of benzene rings is 1. The Morgan fingerprint density at radius 3 is 2.40 bits per heavy atom. The van der Waals surface area contributed by atoms with Crippen LogP contribution in [0.15, 0.2) is 18.2 Å². The van der Waals surface area contributed by atoms with Crippen LogP contribution >= 0.6 is 23.2 Å². The fourth-order valence-corrected chi connectivity index (χ4v) is 3.09. The molecule has 0 bridgehead atoms. The van der Waals surface area contributed by atoms with Gasteiger partial charge in [-0.25, -0.2) is 4.79 Å². The van der Waals surface area contributed by atoms with E-state index in [9.17, 15) is 19.5 Å². The number of ether oxygens (including phenoxy) is 1. The molecule has 1 saturated heterocycles. The summed E-state index contributed by atoms with van der Waals surface area (Å²) in [4.78, 5) is 36.3. The molecule has 1 aliphatic rings. The van der Waals surface area contributed by atoms with Gasteiger partial charge in [-0.05, 0) is 44.9 Å². The van der Waals surface area contributed by atoms with Gasteiger partial charge in [0.2, 0.25) is 5.91 Å². The third kappa shape index (κ3) is 4.64. The lowest BCUT2D eigenvalue weighted by Crippen LogP contribution is -2.42. The highest BCUT2D eigenvalue weighted by Crippen LogP contribution is 2.32. The van der Waals surface area contributed by atoms with Crippen molar-refractivity contribution in [1.29, 1.82) is 0 Å². The number of carboxylic acids is 1. The summed E-state index contributed by atoms with van der Waals surface area (Å²) in [6.07, 6.45) is 0.149. The van der Waals surface area contributed by atoms with Crippen molar-refractivity contribution in [2.45, 2.75) is 38.8 Å². The fraction of sp³-hybridized carbons (Fsp3) is 0.471. The Morgan fingerprint density at radius 2 is 1.88 bits per heavy atom. The van der Waals surface area contributed by atoms with E-state index in [1.165, 1.54) is 0 Å². The number of rotatable bonds is 4. The molecule has 136 valence electrons. The largest absolute Gasteiger partial charge is 0.480 e. The van der Waals surface area contributed by atoms with Crippen LogP contribution in [0, 0.1) is 11.8 Å². The van der Waals surface area contributed by atoms with E-state index in [1.54, 1.807) is 39.0 Å². The van der Waals surface area contributed by atoms with E-state index in [0.29, 0.717) is 15.6 Å². The summed E-state index contributed by atoms with van der Waals surface area (Å²) in [6, 6.07) is 3.54. The van der Waals surface area contributed by atoms with Crippen LogP contribution < -0.4 is 5.32 Å². The average molecular weight is 388 g/mol. The maximum Gasteiger partial charge on any atom is 0.327 e. The van der Waals surface area contributed by atoms with Crippen molar-refractivity contribution in [3.63, 3.8) is 0 Å². The number of amides is 1. The van der Waals surface area contributed by atoms with Gasteiger partial charge in [0, 0.05) is 0 Å². The van der Waals surface area contributed by atoms with Gasteiger partial charge in [0.05, 0.1) is 21.9 Å². The summed E-state index contributed by atoms with van der Waals surface area (Å²) >= 11 is 11.9. The zero-order chi connectivity index (χ0) is 18.9. The zero-order valence-corrected chi connectivity index (χ0v) is 15.5. The molecule has 1 aromatic carbocycles. The van der Waals surface area contributed by atoms with Crippen molar-refractivity contribution < 1.29 is 24.2 Å². The number of esters is 1. The quantitative estimate of drug-likeness (QED) is 0.774. The number of carbonyl (C=O) groups excluding carboxylic acids is 2. The minimum atomic E-state index is -1.32. The van der Waals surface area contributed by atoms with Crippen molar-refractivity contribution in [2.24, 2.45) is 11.8 Å². The molecule has 2 rings (SSSR count). The minimum absolute atomic E-state index is 0.149. The Kier molecular flexibility index (Phi) is 5.64. The van der Waals surface area contributed by atoms with Gasteiger partial charge in [0.15, 0.2) is 0 Å². The Morgan fingerprint density at radius 1 is 1.24 bits per heavy atom. The topological polar surface area (TPSA) is 92.7 Å². The minimum Gasteiger partial charge on any atom is -0.480 e. The highest BCUT2D eigenvalue weighted by molar-refractivity contribution is 6.42. The maximum absolute atomic E-state index is 12.5. The lowest BCUT2D eigenvalue weighted by atomic mass is 9.85. The van der Waals surface area contributed by atoms with Crippen molar-refractivity contribution >= 4 is 41.0 Å². The van der Waals surface area contributed by atoms with Crippen LogP contribution in [-0.4, -0.2) is 34.6 Å². The lowest BCUT2D eigenvalue weighted by molar-refractivity contribution is -0.165. The molecule has 1 amide bonds. The normalized spacial score (nSPS) is 23.2. The molecule has 6 nitrogen and oxygen atoms in total. The van der Waals surface area contributed by atoms with E-state index < -0.39 is 41.3 Å². The van der Waals surface area contributed by atoms with Gasteiger partial charge in [-0.2, -0.15) is 0 Å². The molecule has 2 unspecified atom stereocenters. The first-order chi connectivity index (χ1) is 11.5. The van der Waals surface area contributed by atoms with Crippen LogP contribution in [-0.2, 0) is 25.5 Å². The standard InChI is InChI=1S/C17H19Cl2NO5/c1-17(2,3)25-16(24)12-9(14(21)20-13(12)15(22)23)6-8-4-5-10(18)11(19)7-8/h4-5,7,9,12-13H,6H2,1-3H3,(H,20,21)(H,22,23)/t9?,12-,13?/m1/s1. The van der Waals surface area contributed by atoms with Gasteiger partial charge in [0.25, 0.3) is 0 Å². The second-order valence-electron chi connectivity index (χ2n) is 6.94. The van der Waals surface area contributed by atoms with Crippen LogP contribution in [0.25, 0.3) is 0 Å². The first-order valence-electron chi connectivity index (χ1n) is 7.69. The van der Waals surface area contributed by atoms with E-state index in [-0.39, 0.29) is 6.42 Å². The third-order valence-corrected chi connectivity index (χ3v) is 4.55. The summed E-state index contributed by atoms with van der Waals surface area (Å²) in [5, 5.41) is 12.4. The molecule has 0 saturated carbocycles. The number of hydrogen-bond donors (Lipinski definition) is 2. The molecule has 0 radical (unpaired) electrons. The number of carboxylic acid groups (broad SMARTS) is 1. The Balaban J connectivity index is 2.31. The van der Waals surface area contributed by atoms with Crippen molar-refractivity contribution in [1.82, 2.24) is 5.32 Å². The van der Waals surface area contributed by atoms with Gasteiger partial charge < -0.3 is 15.2 Å². The molecular weight excluding hydrogens is 369 g/mol. The second-order valence-corrected chi connectivity index (χ2v) is 7.76. The molecule has 1 aliphatic heterocycles. The van der Waals surface area contributed by atoms with Crippen LogP contribution in [0.4, 0.5) is 0 Å². The van der Waals surface area contributed by atoms with Crippen LogP contribution in [0.5, 0.6) is 0 Å². The van der Waals surface area contributed by atoms with Crippen molar-refractivity contribution in [3.05, 3.63) is 33.8 Å². The predicted octanol–water partition coefficient (Wildman–Crippen LogP) is 2.69. The first-order valence-corrected chi connectivity index (χ1v) is 8.45. The molecular formula is C17H19Cl2NO5. The Hall–Kier alpha value is -1.79. The van der Waals surface area contributed by atoms with E-state index in [0.717, 1.165) is 0 Å². The molecule has 3 atom stereocenters. The molecule has 1 fully saturated rings. The van der Waals surface area contributed by atoms with E-state index >= 15 is 0 Å². The fourth-order valence-electron chi connectivity index (χ4n) is 2.77. The van der Waals surface area contributed by atoms with Crippen LogP contribution in [0.1, 0.15) is 26.3 Å². The predicted molar refractivity (Wildman–Crippen MR) is 92.6 cm³/mol. The van der Waals surface area contributed by atoms with Crippen molar-refractivity contribution in [3.8, 4) is 0 Å². The van der Waals surface area contributed by atoms with Gasteiger partial charge in [-0.1, -0.05) is 29.3 Å². The van der Waals surface area contributed by atoms with E-state index in [1.807, 2.05) is 0 Å². The molecule has 0 aromatic heterocycles. The van der Waals surface area contributed by atoms with Gasteiger partial charge in [0.1, 0.15) is 11.6 Å². The Labute approximate surface area is 155 Å². The zero-order valence-electron chi connectivity index (χ0n) is 14.0. The summed E-state index contributed by atoms with van der Waals surface area (Å²) in [5.74, 6) is -4.50. The maximum atomic E-state index is 12.5. The lowest BCUT2D eigenvalue weighted by Gasteiger charge is -2.25. The number of aliphatic carboxylic acids is 1. The first kappa shape index (κ1) is 19.5. The SMILES string of the molecule is CC(C)(C)OC(=O)[C@@H]1C(Cc2ccc(Cl)c(Cl)c2)C(=O)NC1C(=O)O. The second kappa shape index (κ2) is 7.22. The number of nitrogens with one attached hydrogen (secondary N) is 1. The third-order valence-electron chi connectivity index (χ3n) is 3.81. The molecule has 25 heavy (non-hydrogen) atoms. The van der Waals surface area contributed by atoms with Crippen molar-refractivity contribution in [2.75, 3.05) is 0 Å². The number of carbonyl (C=O) groups is 3. The van der Waals surface area contributed by atoms with Crippen LogP contribution in [0.3, 0.4) is 0 Å². The van der Waals surface area contributed by atoms with E-state index in [2.05, 4.69) is 5.32 Å². The highest BCUT2D eigenvalue weighted by atomic mass is 35.5. The monoisotopic (exact) mass is 387 g/mol. The van der Waals surface area contributed by atoms with E-state index in [4.69, 9.17) is 27.9 Å². The molecule has 1 aromatic rings. The Bertz CT molecular complexity index is 713. The number of hydrogen-bond acceptors (Lipinski definition) is 4. The molecule has 1 heterocycles. The molecule has 2 N–H and O–H groups in total. The van der Waals surface area contributed by atoms with Gasteiger partial charge in [-0.15, -0.1) is 0 Å². The summed E-state index contributed by atoms with van der Waals surface area (Å²) in [6.45, 7) is 5.04. The molecule has 0 spiro atoms.